The average molecular weight is 397 g/mol. The molecule has 0 aliphatic carbocycles. The predicted octanol–water partition coefficient (Wildman–Crippen LogP) is 3.50. The van der Waals surface area contributed by atoms with Crippen LogP contribution in [0.2, 0.25) is 0 Å². The molecule has 0 aromatic heterocycles. The van der Waals surface area contributed by atoms with E-state index in [1.54, 1.807) is 0 Å². The Morgan fingerprint density at radius 3 is 2.29 bits per heavy atom. The number of aliphatic imine (C=N–C) groups is 1. The molecule has 0 radical (unpaired) electrons. The zero-order valence-corrected chi connectivity index (χ0v) is 14.2. The number of rotatable bonds is 5. The van der Waals surface area contributed by atoms with Crippen molar-refractivity contribution >= 4 is 35.6 Å². The summed E-state index contributed by atoms with van der Waals surface area (Å²) in [5.41, 5.74) is 6.75. The van der Waals surface area contributed by atoms with Gasteiger partial charge in [-0.05, 0) is 31.2 Å². The van der Waals surface area contributed by atoms with Crippen molar-refractivity contribution in [2.24, 2.45) is 10.7 Å². The van der Waals surface area contributed by atoms with Gasteiger partial charge in [0.15, 0.2) is 5.96 Å². The Bertz CT molecular complexity index is 546. The van der Waals surface area contributed by atoms with E-state index < -0.39 is 0 Å². The van der Waals surface area contributed by atoms with Gasteiger partial charge in [-0.3, -0.25) is 0 Å². The molecule has 0 saturated heterocycles. The first-order valence-corrected chi connectivity index (χ1v) is 6.58. The smallest absolute Gasteiger partial charge is 0.193 e. The lowest BCUT2D eigenvalue weighted by Crippen LogP contribution is -2.25. The van der Waals surface area contributed by atoms with Crippen molar-refractivity contribution in [3.05, 3.63) is 60.7 Å². The zero-order chi connectivity index (χ0) is 14.2. The highest BCUT2D eigenvalue weighted by Crippen LogP contribution is 2.10. The van der Waals surface area contributed by atoms with Crippen LogP contribution in [0, 0.1) is 0 Å². The summed E-state index contributed by atoms with van der Waals surface area (Å²) in [5.74, 6) is 1.23. The lowest BCUT2D eigenvalue weighted by atomic mass is 10.3. The first kappa shape index (κ1) is 17.3. The lowest BCUT2D eigenvalue weighted by Gasteiger charge is -2.13. The molecule has 0 spiro atoms. The highest BCUT2D eigenvalue weighted by Gasteiger charge is 2.03. The van der Waals surface area contributed by atoms with Crippen LogP contribution in [0.1, 0.15) is 6.92 Å². The van der Waals surface area contributed by atoms with Crippen LogP contribution in [0.3, 0.4) is 0 Å². The third-order valence-electron chi connectivity index (χ3n) is 2.65. The van der Waals surface area contributed by atoms with Gasteiger partial charge in [-0.25, -0.2) is 4.99 Å². The van der Waals surface area contributed by atoms with Gasteiger partial charge in [-0.15, -0.1) is 24.0 Å². The van der Waals surface area contributed by atoms with E-state index in [4.69, 9.17) is 10.5 Å². The molecule has 5 heteroatoms. The molecule has 112 valence electrons. The van der Waals surface area contributed by atoms with Crippen molar-refractivity contribution in [3.8, 4) is 5.75 Å². The molecule has 0 bridgehead atoms. The second-order valence-corrected chi connectivity index (χ2v) is 4.46. The van der Waals surface area contributed by atoms with Gasteiger partial charge in [0, 0.05) is 5.69 Å². The van der Waals surface area contributed by atoms with Crippen molar-refractivity contribution in [2.75, 3.05) is 11.9 Å². The predicted molar refractivity (Wildman–Crippen MR) is 98.5 cm³/mol. The first-order chi connectivity index (χ1) is 9.74. The molecule has 1 unspecified atom stereocenters. The first-order valence-electron chi connectivity index (χ1n) is 6.58. The number of guanidine groups is 1. The number of halogens is 1. The van der Waals surface area contributed by atoms with Crippen LogP contribution in [0.25, 0.3) is 0 Å². The maximum absolute atomic E-state index is 5.83. The molecule has 2 rings (SSSR count). The number of nitrogens with one attached hydrogen (secondary N) is 1. The van der Waals surface area contributed by atoms with Gasteiger partial charge in [0.1, 0.15) is 11.9 Å². The number of nitrogens with zero attached hydrogens (tertiary/aromatic N) is 1. The fraction of sp³-hybridized carbons (Fsp3) is 0.188. The van der Waals surface area contributed by atoms with Crippen LogP contribution in [0.15, 0.2) is 65.7 Å². The minimum Gasteiger partial charge on any atom is -0.489 e. The Balaban J connectivity index is 0.00000220. The molecule has 0 aliphatic heterocycles. The normalized spacial score (nSPS) is 12.1. The summed E-state index contributed by atoms with van der Waals surface area (Å²) in [6.07, 6.45) is -0.0338. The maximum Gasteiger partial charge on any atom is 0.193 e. The van der Waals surface area contributed by atoms with Crippen molar-refractivity contribution in [1.82, 2.24) is 0 Å². The number of benzene rings is 2. The molecule has 0 amide bonds. The molecule has 0 fully saturated rings. The van der Waals surface area contributed by atoms with E-state index in [0.29, 0.717) is 12.5 Å². The molecule has 1 atom stereocenters. The Kier molecular flexibility index (Phi) is 7.60. The SMILES string of the molecule is CC(CN=C(N)Nc1ccccc1)Oc1ccccc1.I. The van der Waals surface area contributed by atoms with Crippen LogP contribution in [0.4, 0.5) is 5.69 Å². The molecule has 3 N–H and O–H groups in total. The molecule has 0 heterocycles. The summed E-state index contributed by atoms with van der Waals surface area (Å²) in [4.78, 5) is 4.27. The molecule has 0 aliphatic rings. The lowest BCUT2D eigenvalue weighted by molar-refractivity contribution is 0.230. The number of ether oxygens (including phenoxy) is 1. The van der Waals surface area contributed by atoms with E-state index in [1.165, 1.54) is 0 Å². The second-order valence-electron chi connectivity index (χ2n) is 4.46. The minimum atomic E-state index is -0.0338. The Morgan fingerprint density at radius 1 is 1.10 bits per heavy atom. The summed E-state index contributed by atoms with van der Waals surface area (Å²) in [5, 5.41) is 3.03. The minimum absolute atomic E-state index is 0. The number of hydrogen-bond acceptors (Lipinski definition) is 2. The third kappa shape index (κ3) is 6.48. The fourth-order valence-electron chi connectivity index (χ4n) is 1.70. The van der Waals surface area contributed by atoms with Gasteiger partial charge < -0.3 is 15.8 Å². The average Bonchev–Trinajstić information content (AvgIpc) is 2.47. The van der Waals surface area contributed by atoms with Gasteiger partial charge in [-0.2, -0.15) is 0 Å². The fourth-order valence-corrected chi connectivity index (χ4v) is 1.70. The number of para-hydroxylation sites is 2. The van der Waals surface area contributed by atoms with Gasteiger partial charge in [0.2, 0.25) is 0 Å². The second kappa shape index (κ2) is 9.23. The van der Waals surface area contributed by atoms with Crippen LogP contribution in [0.5, 0.6) is 5.75 Å². The molecular weight excluding hydrogens is 377 g/mol. The highest BCUT2D eigenvalue weighted by molar-refractivity contribution is 14.0. The summed E-state index contributed by atoms with van der Waals surface area (Å²) in [6, 6.07) is 19.4. The number of anilines is 1. The molecule has 21 heavy (non-hydrogen) atoms. The van der Waals surface area contributed by atoms with Crippen molar-refractivity contribution in [1.29, 1.82) is 0 Å². The standard InChI is InChI=1S/C16H19N3O.HI/c1-13(20-15-10-6-3-7-11-15)12-18-16(17)19-14-8-4-2-5-9-14;/h2-11,13H,12H2,1H3,(H3,17,18,19);1H. The van der Waals surface area contributed by atoms with E-state index in [9.17, 15) is 0 Å². The summed E-state index contributed by atoms with van der Waals surface area (Å²) in [6.45, 7) is 2.47. The van der Waals surface area contributed by atoms with Crippen molar-refractivity contribution in [2.45, 2.75) is 13.0 Å². The maximum atomic E-state index is 5.83. The number of nitrogens with two attached hydrogens (primary N) is 1. The molecular formula is C16H20IN3O. The number of hydrogen-bond donors (Lipinski definition) is 2. The molecule has 4 nitrogen and oxygen atoms in total. The van der Waals surface area contributed by atoms with Gasteiger partial charge in [0.05, 0.1) is 6.54 Å². The van der Waals surface area contributed by atoms with Crippen LogP contribution < -0.4 is 15.8 Å². The van der Waals surface area contributed by atoms with Crippen LogP contribution in [-0.2, 0) is 0 Å². The van der Waals surface area contributed by atoms with Crippen LogP contribution in [-0.4, -0.2) is 18.6 Å². The molecule has 0 saturated carbocycles. The summed E-state index contributed by atoms with van der Waals surface area (Å²) < 4.78 is 5.72. The zero-order valence-electron chi connectivity index (χ0n) is 11.9. The van der Waals surface area contributed by atoms with Crippen molar-refractivity contribution < 1.29 is 4.74 Å². The van der Waals surface area contributed by atoms with E-state index in [1.807, 2.05) is 67.6 Å². The van der Waals surface area contributed by atoms with Crippen LogP contribution >= 0.6 is 24.0 Å². The van der Waals surface area contributed by atoms with Gasteiger partial charge >= 0.3 is 0 Å². The third-order valence-corrected chi connectivity index (χ3v) is 2.65. The van der Waals surface area contributed by atoms with Crippen molar-refractivity contribution in [3.63, 3.8) is 0 Å². The highest BCUT2D eigenvalue weighted by atomic mass is 127. The van der Waals surface area contributed by atoms with E-state index in [0.717, 1.165) is 11.4 Å². The Hall–Kier alpha value is -1.76. The summed E-state index contributed by atoms with van der Waals surface area (Å²) >= 11 is 0. The Morgan fingerprint density at radius 2 is 1.67 bits per heavy atom. The molecule has 2 aromatic carbocycles. The van der Waals surface area contributed by atoms with Gasteiger partial charge in [0.25, 0.3) is 0 Å². The van der Waals surface area contributed by atoms with E-state index in [-0.39, 0.29) is 30.1 Å². The monoisotopic (exact) mass is 397 g/mol. The summed E-state index contributed by atoms with van der Waals surface area (Å²) in [7, 11) is 0. The van der Waals surface area contributed by atoms with E-state index >= 15 is 0 Å². The quantitative estimate of drug-likeness (QED) is 0.461. The molecule has 2 aromatic rings. The Labute approximate surface area is 142 Å². The largest absolute Gasteiger partial charge is 0.489 e. The van der Waals surface area contributed by atoms with Gasteiger partial charge in [-0.1, -0.05) is 36.4 Å². The van der Waals surface area contributed by atoms with E-state index in [2.05, 4.69) is 10.3 Å². The topological polar surface area (TPSA) is 59.6 Å².